The van der Waals surface area contributed by atoms with Gasteiger partial charge in [0, 0.05) is 31.5 Å². The van der Waals surface area contributed by atoms with Crippen LogP contribution in [0.15, 0.2) is 12.4 Å². The van der Waals surface area contributed by atoms with E-state index in [1.165, 1.54) is 32.1 Å². The van der Waals surface area contributed by atoms with Gasteiger partial charge in [0.15, 0.2) is 0 Å². The Balaban J connectivity index is 1.86. The average molecular weight is 250 g/mol. The lowest BCUT2D eigenvalue weighted by atomic mass is 9.95. The minimum Gasteiger partial charge on any atom is -0.354 e. The molecular formula is C14H26N4. The fraction of sp³-hybridized carbons (Fsp3) is 0.786. The van der Waals surface area contributed by atoms with Gasteiger partial charge in [0.2, 0.25) is 5.95 Å². The van der Waals surface area contributed by atoms with Crippen LogP contribution in [0.4, 0.5) is 5.95 Å². The lowest BCUT2D eigenvalue weighted by Gasteiger charge is -2.25. The quantitative estimate of drug-likeness (QED) is 0.842. The van der Waals surface area contributed by atoms with Crippen molar-refractivity contribution < 1.29 is 0 Å². The van der Waals surface area contributed by atoms with E-state index in [-0.39, 0.29) is 0 Å². The first-order valence-electron chi connectivity index (χ1n) is 7.26. The summed E-state index contributed by atoms with van der Waals surface area (Å²) >= 11 is 0. The summed E-state index contributed by atoms with van der Waals surface area (Å²) in [5, 5.41) is 3.47. The standard InChI is InChI=1S/C14H26N4/c1-3-17(2)11-9-15-14-16-10-12-18(14)13-7-5-4-6-8-13/h10,12-13H,3-9,11H2,1-2H3,(H,15,16). The second-order valence-electron chi connectivity index (χ2n) is 5.27. The second-order valence-corrected chi connectivity index (χ2v) is 5.27. The molecule has 0 aliphatic heterocycles. The maximum absolute atomic E-state index is 4.45. The van der Waals surface area contributed by atoms with E-state index in [0.717, 1.165) is 25.6 Å². The summed E-state index contributed by atoms with van der Waals surface area (Å²) in [4.78, 5) is 6.75. The van der Waals surface area contributed by atoms with Crippen LogP contribution in [0.3, 0.4) is 0 Å². The molecule has 1 aromatic rings. The molecule has 0 amide bonds. The fourth-order valence-electron chi connectivity index (χ4n) is 2.62. The number of nitrogens with one attached hydrogen (secondary N) is 1. The molecule has 1 saturated carbocycles. The molecule has 4 nitrogen and oxygen atoms in total. The highest BCUT2D eigenvalue weighted by molar-refractivity contribution is 5.26. The van der Waals surface area contributed by atoms with Crippen LogP contribution in [0.1, 0.15) is 45.1 Å². The Kier molecular flexibility index (Phi) is 5.05. The molecular weight excluding hydrogens is 224 g/mol. The van der Waals surface area contributed by atoms with Crippen LogP contribution in [-0.2, 0) is 0 Å². The Bertz CT molecular complexity index is 341. The van der Waals surface area contributed by atoms with Gasteiger partial charge in [0.25, 0.3) is 0 Å². The summed E-state index contributed by atoms with van der Waals surface area (Å²) in [6, 6.07) is 0.660. The zero-order valence-corrected chi connectivity index (χ0v) is 11.7. The molecule has 1 aliphatic carbocycles. The molecule has 0 spiro atoms. The molecule has 102 valence electrons. The lowest BCUT2D eigenvalue weighted by molar-refractivity contribution is 0.352. The minimum atomic E-state index is 0.660. The topological polar surface area (TPSA) is 33.1 Å². The number of rotatable bonds is 6. The Morgan fingerprint density at radius 3 is 2.89 bits per heavy atom. The van der Waals surface area contributed by atoms with Gasteiger partial charge in [-0.3, -0.25) is 0 Å². The number of likely N-dealkylation sites (N-methyl/N-ethyl adjacent to an activating group) is 1. The van der Waals surface area contributed by atoms with Gasteiger partial charge in [0.05, 0.1) is 0 Å². The molecule has 0 unspecified atom stereocenters. The number of hydrogen-bond acceptors (Lipinski definition) is 3. The predicted octanol–water partition coefficient (Wildman–Crippen LogP) is 2.75. The highest BCUT2D eigenvalue weighted by Crippen LogP contribution is 2.29. The lowest BCUT2D eigenvalue weighted by Crippen LogP contribution is -2.26. The van der Waals surface area contributed by atoms with Crippen molar-refractivity contribution in [2.45, 2.75) is 45.1 Å². The van der Waals surface area contributed by atoms with Gasteiger partial charge in [-0.2, -0.15) is 0 Å². The monoisotopic (exact) mass is 250 g/mol. The molecule has 4 heteroatoms. The zero-order chi connectivity index (χ0) is 12.8. The van der Waals surface area contributed by atoms with Crippen molar-refractivity contribution in [1.82, 2.24) is 14.5 Å². The van der Waals surface area contributed by atoms with Crippen molar-refractivity contribution in [1.29, 1.82) is 0 Å². The third-order valence-electron chi connectivity index (χ3n) is 3.95. The first-order chi connectivity index (χ1) is 8.81. The summed E-state index contributed by atoms with van der Waals surface area (Å²) in [7, 11) is 2.15. The van der Waals surface area contributed by atoms with Crippen molar-refractivity contribution in [2.75, 3.05) is 32.0 Å². The fourth-order valence-corrected chi connectivity index (χ4v) is 2.62. The average Bonchev–Trinajstić information content (AvgIpc) is 2.88. The van der Waals surface area contributed by atoms with Gasteiger partial charge >= 0.3 is 0 Å². The summed E-state index contributed by atoms with van der Waals surface area (Å²) in [6.07, 6.45) is 10.8. The van der Waals surface area contributed by atoms with Crippen molar-refractivity contribution in [3.05, 3.63) is 12.4 Å². The Morgan fingerprint density at radius 1 is 1.39 bits per heavy atom. The summed E-state index contributed by atoms with van der Waals surface area (Å²) in [5.74, 6) is 1.05. The molecule has 0 bridgehead atoms. The summed E-state index contributed by atoms with van der Waals surface area (Å²) in [6.45, 7) is 5.31. The molecule has 0 radical (unpaired) electrons. The van der Waals surface area contributed by atoms with Crippen LogP contribution in [-0.4, -0.2) is 41.1 Å². The molecule has 2 rings (SSSR count). The number of hydrogen-bond donors (Lipinski definition) is 1. The van der Waals surface area contributed by atoms with Crippen LogP contribution in [0.25, 0.3) is 0 Å². The smallest absolute Gasteiger partial charge is 0.203 e. The molecule has 18 heavy (non-hydrogen) atoms. The molecule has 0 aromatic carbocycles. The van der Waals surface area contributed by atoms with Crippen molar-refractivity contribution in [2.24, 2.45) is 0 Å². The van der Waals surface area contributed by atoms with Crippen LogP contribution in [0, 0.1) is 0 Å². The SMILES string of the molecule is CCN(C)CCNc1nccn1C1CCCCC1. The Labute approximate surface area is 110 Å². The number of aromatic nitrogens is 2. The van der Waals surface area contributed by atoms with E-state index in [2.05, 4.69) is 39.9 Å². The van der Waals surface area contributed by atoms with Gasteiger partial charge in [0.1, 0.15) is 0 Å². The second kappa shape index (κ2) is 6.78. The summed E-state index contributed by atoms with van der Waals surface area (Å²) in [5.41, 5.74) is 0. The third-order valence-corrected chi connectivity index (χ3v) is 3.95. The van der Waals surface area contributed by atoms with Gasteiger partial charge in [-0.05, 0) is 26.4 Å². The van der Waals surface area contributed by atoms with E-state index < -0.39 is 0 Å². The van der Waals surface area contributed by atoms with Gasteiger partial charge in [-0.25, -0.2) is 4.98 Å². The van der Waals surface area contributed by atoms with Gasteiger partial charge in [-0.1, -0.05) is 26.2 Å². The van der Waals surface area contributed by atoms with Crippen molar-refractivity contribution in [3.63, 3.8) is 0 Å². The predicted molar refractivity (Wildman–Crippen MR) is 76.0 cm³/mol. The molecule has 1 N–H and O–H groups in total. The maximum atomic E-state index is 4.45. The largest absolute Gasteiger partial charge is 0.354 e. The molecule has 0 atom stereocenters. The van der Waals surface area contributed by atoms with E-state index in [1.807, 2.05) is 6.20 Å². The van der Waals surface area contributed by atoms with Crippen molar-refractivity contribution in [3.8, 4) is 0 Å². The van der Waals surface area contributed by atoms with E-state index in [9.17, 15) is 0 Å². The first kappa shape index (κ1) is 13.4. The highest BCUT2D eigenvalue weighted by Gasteiger charge is 2.17. The van der Waals surface area contributed by atoms with Crippen molar-refractivity contribution >= 4 is 5.95 Å². The van der Waals surface area contributed by atoms with Gasteiger partial charge in [-0.15, -0.1) is 0 Å². The normalized spacial score (nSPS) is 17.3. The molecule has 1 aromatic heterocycles. The van der Waals surface area contributed by atoms with Crippen LogP contribution in [0.2, 0.25) is 0 Å². The Morgan fingerprint density at radius 2 is 2.17 bits per heavy atom. The zero-order valence-electron chi connectivity index (χ0n) is 11.7. The minimum absolute atomic E-state index is 0.660. The van der Waals surface area contributed by atoms with Crippen LogP contribution < -0.4 is 5.32 Å². The number of imidazole rings is 1. The highest BCUT2D eigenvalue weighted by atomic mass is 15.2. The van der Waals surface area contributed by atoms with E-state index >= 15 is 0 Å². The van der Waals surface area contributed by atoms with E-state index in [4.69, 9.17) is 0 Å². The maximum Gasteiger partial charge on any atom is 0.203 e. The van der Waals surface area contributed by atoms with Crippen LogP contribution >= 0.6 is 0 Å². The number of nitrogens with zero attached hydrogens (tertiary/aromatic N) is 3. The van der Waals surface area contributed by atoms with Crippen LogP contribution in [0.5, 0.6) is 0 Å². The molecule has 0 saturated heterocycles. The molecule has 1 aliphatic rings. The third kappa shape index (κ3) is 3.48. The molecule has 1 fully saturated rings. The molecule has 1 heterocycles. The first-order valence-corrected chi connectivity index (χ1v) is 7.26. The Hall–Kier alpha value is -1.03. The van der Waals surface area contributed by atoms with E-state index in [1.54, 1.807) is 0 Å². The van der Waals surface area contributed by atoms with E-state index in [0.29, 0.717) is 6.04 Å². The summed E-state index contributed by atoms with van der Waals surface area (Å²) < 4.78 is 2.34. The number of anilines is 1. The van der Waals surface area contributed by atoms with Gasteiger partial charge < -0.3 is 14.8 Å².